The number of rotatable bonds is 7. The molecule has 4 aromatic carbocycles. The number of carbonyl (C=O) groups is 4. The van der Waals surface area contributed by atoms with Crippen molar-refractivity contribution in [2.75, 3.05) is 0 Å². The second kappa shape index (κ2) is 15.5. The Kier molecular flexibility index (Phi) is 12.1. The van der Waals surface area contributed by atoms with Gasteiger partial charge in [0.25, 0.3) is 0 Å². The molecule has 194 valence electrons. The van der Waals surface area contributed by atoms with Crippen LogP contribution in [0.5, 0.6) is 0 Å². The maximum atomic E-state index is 11.1. The van der Waals surface area contributed by atoms with E-state index in [0.29, 0.717) is 20.9 Å². The molecule has 0 aromatic heterocycles. The van der Waals surface area contributed by atoms with Crippen LogP contribution in [0.25, 0.3) is 0 Å². The predicted octanol–water partition coefficient (Wildman–Crippen LogP) is 6.65. The summed E-state index contributed by atoms with van der Waals surface area (Å²) in [4.78, 5) is 43.8. The van der Waals surface area contributed by atoms with Gasteiger partial charge < -0.3 is 20.4 Å². The van der Waals surface area contributed by atoms with Crippen molar-refractivity contribution in [3.05, 3.63) is 131 Å². The van der Waals surface area contributed by atoms with Crippen molar-refractivity contribution in [2.24, 2.45) is 0 Å². The van der Waals surface area contributed by atoms with E-state index in [2.05, 4.69) is 0 Å². The smallest absolute Gasteiger partial charge is 0.336 e. The lowest BCUT2D eigenvalue weighted by Gasteiger charge is -2.06. The van der Waals surface area contributed by atoms with Crippen molar-refractivity contribution in [1.29, 1.82) is 0 Å². The van der Waals surface area contributed by atoms with E-state index in [-0.39, 0.29) is 11.1 Å². The van der Waals surface area contributed by atoms with E-state index >= 15 is 0 Å². The molecule has 38 heavy (non-hydrogen) atoms. The molecule has 4 aromatic rings. The van der Waals surface area contributed by atoms with Gasteiger partial charge in [-0.25, -0.2) is 19.2 Å². The van der Waals surface area contributed by atoms with Crippen molar-refractivity contribution in [3.8, 4) is 0 Å². The van der Waals surface area contributed by atoms with Crippen molar-refractivity contribution >= 4 is 45.5 Å². The molecule has 4 rings (SSSR count). The van der Waals surface area contributed by atoms with Crippen molar-refractivity contribution in [2.45, 2.75) is 9.79 Å². The van der Waals surface area contributed by atoms with Gasteiger partial charge in [-0.1, -0.05) is 82.3 Å². The van der Waals surface area contributed by atoms with Gasteiger partial charge >= 0.3 is 23.9 Å². The highest BCUT2D eigenvalue weighted by Gasteiger charge is 2.13. The lowest BCUT2D eigenvalue weighted by atomic mass is 10.2. The quantitative estimate of drug-likeness (QED) is 0.184. The number of hydrogen-bond donors (Lipinski definition) is 4. The first kappa shape index (κ1) is 29.7. The number of carboxylic acids is 4. The minimum Gasteiger partial charge on any atom is -0.478 e. The monoisotopic (exact) mass is 550 g/mol. The number of benzene rings is 4. The minimum atomic E-state index is -1.000. The Labute approximate surface area is 226 Å². The van der Waals surface area contributed by atoms with Crippen molar-refractivity contribution in [3.63, 3.8) is 0 Å². The lowest BCUT2D eigenvalue weighted by molar-refractivity contribution is 0.0682. The molecule has 0 radical (unpaired) electrons. The van der Waals surface area contributed by atoms with Gasteiger partial charge in [0, 0.05) is 9.79 Å². The SMILES string of the molecule is O=C(O)c1ccccc1.O=C(O)c1ccccc1.O=C(O)c1ccccc1SSc1ccccc1C(=O)O. The van der Waals surface area contributed by atoms with Gasteiger partial charge in [-0.2, -0.15) is 0 Å². The third-order valence-electron chi connectivity index (χ3n) is 4.50. The van der Waals surface area contributed by atoms with Gasteiger partial charge in [-0.3, -0.25) is 0 Å². The van der Waals surface area contributed by atoms with E-state index in [9.17, 15) is 19.2 Å². The van der Waals surface area contributed by atoms with E-state index in [1.54, 1.807) is 97.1 Å². The molecule has 0 atom stereocenters. The first-order chi connectivity index (χ1) is 18.2. The third kappa shape index (κ3) is 9.84. The molecule has 0 bridgehead atoms. The van der Waals surface area contributed by atoms with Crippen LogP contribution in [0, 0.1) is 0 Å². The Balaban J connectivity index is 0.000000232. The molecule has 0 unspecified atom stereocenters. The van der Waals surface area contributed by atoms with E-state index in [0.717, 1.165) is 0 Å². The molecule has 0 saturated heterocycles. The Hall–Kier alpha value is -4.54. The first-order valence-corrected chi connectivity index (χ1v) is 12.9. The standard InChI is InChI=1S/C14H10O4S2.2C7H6O2/c15-13(16)9-5-1-3-7-11(9)19-20-12-8-4-2-6-10(12)14(17)18;2*8-7(9)6-4-2-1-3-5-6/h1-8H,(H,15,16)(H,17,18);2*1-5H,(H,8,9). The molecule has 8 nitrogen and oxygen atoms in total. The van der Waals surface area contributed by atoms with Gasteiger partial charge in [0.2, 0.25) is 0 Å². The molecule has 0 aliphatic carbocycles. The molecular formula is C28H22O8S2. The summed E-state index contributed by atoms with van der Waals surface area (Å²) in [5.74, 6) is -3.76. The van der Waals surface area contributed by atoms with Gasteiger partial charge in [-0.15, -0.1) is 0 Å². The molecule has 0 saturated carbocycles. The third-order valence-corrected chi connectivity index (χ3v) is 6.98. The normalized spacial score (nSPS) is 9.58. The molecule has 0 amide bonds. The minimum absolute atomic E-state index is 0.206. The fourth-order valence-electron chi connectivity index (χ4n) is 2.68. The average Bonchev–Trinajstić information content (AvgIpc) is 2.93. The second-order valence-electron chi connectivity index (χ2n) is 7.11. The maximum absolute atomic E-state index is 11.1. The fourth-order valence-corrected chi connectivity index (χ4v) is 5.03. The lowest BCUT2D eigenvalue weighted by Crippen LogP contribution is -1.98. The van der Waals surface area contributed by atoms with Crippen molar-refractivity contribution < 1.29 is 39.6 Å². The van der Waals surface area contributed by atoms with Gasteiger partial charge in [0.15, 0.2) is 0 Å². The Morgan fingerprint density at radius 1 is 0.395 bits per heavy atom. The fraction of sp³-hybridized carbons (Fsp3) is 0. The van der Waals surface area contributed by atoms with Gasteiger partial charge in [-0.05, 0) is 48.5 Å². The summed E-state index contributed by atoms with van der Waals surface area (Å²) >= 11 is 0. The van der Waals surface area contributed by atoms with Gasteiger partial charge in [0.1, 0.15) is 0 Å². The molecule has 0 heterocycles. The van der Waals surface area contributed by atoms with Crippen LogP contribution < -0.4 is 0 Å². The highest BCUT2D eigenvalue weighted by molar-refractivity contribution is 8.76. The Morgan fingerprint density at radius 2 is 0.684 bits per heavy atom. The molecule has 0 aliphatic heterocycles. The maximum Gasteiger partial charge on any atom is 0.336 e. The summed E-state index contributed by atoms with van der Waals surface area (Å²) in [6, 6.07) is 29.8. The summed E-state index contributed by atoms with van der Waals surface area (Å²) in [5, 5.41) is 34.9. The number of aromatic carboxylic acids is 4. The number of hydrogen-bond acceptors (Lipinski definition) is 6. The zero-order valence-electron chi connectivity index (χ0n) is 19.6. The molecule has 0 aliphatic rings. The van der Waals surface area contributed by atoms with E-state index in [1.807, 2.05) is 0 Å². The van der Waals surface area contributed by atoms with E-state index < -0.39 is 23.9 Å². The summed E-state index contributed by atoms with van der Waals surface area (Å²) in [7, 11) is 2.47. The van der Waals surface area contributed by atoms with E-state index in [4.69, 9.17) is 20.4 Å². The second-order valence-corrected chi connectivity index (χ2v) is 9.32. The van der Waals surface area contributed by atoms with Crippen LogP contribution in [0.2, 0.25) is 0 Å². The van der Waals surface area contributed by atoms with Crippen LogP contribution in [0.1, 0.15) is 41.4 Å². The Bertz CT molecular complexity index is 1270. The Morgan fingerprint density at radius 3 is 0.947 bits per heavy atom. The van der Waals surface area contributed by atoms with Gasteiger partial charge in [0.05, 0.1) is 22.3 Å². The zero-order chi connectivity index (χ0) is 27.9. The summed E-state index contributed by atoms with van der Waals surface area (Å²) in [6.07, 6.45) is 0. The summed E-state index contributed by atoms with van der Waals surface area (Å²) in [5.41, 5.74) is 1.07. The summed E-state index contributed by atoms with van der Waals surface area (Å²) in [6.45, 7) is 0. The molecular weight excluding hydrogens is 528 g/mol. The topological polar surface area (TPSA) is 149 Å². The average molecular weight is 551 g/mol. The van der Waals surface area contributed by atoms with Crippen LogP contribution in [0.4, 0.5) is 0 Å². The van der Waals surface area contributed by atoms with Crippen LogP contribution in [-0.2, 0) is 0 Å². The molecule has 10 heteroatoms. The zero-order valence-corrected chi connectivity index (χ0v) is 21.3. The molecule has 0 spiro atoms. The highest BCUT2D eigenvalue weighted by Crippen LogP contribution is 2.40. The van der Waals surface area contributed by atoms with Crippen LogP contribution in [0.3, 0.4) is 0 Å². The first-order valence-electron chi connectivity index (χ1n) is 10.8. The predicted molar refractivity (Wildman–Crippen MR) is 145 cm³/mol. The van der Waals surface area contributed by atoms with Crippen LogP contribution in [-0.4, -0.2) is 44.3 Å². The highest BCUT2D eigenvalue weighted by atomic mass is 33.1. The van der Waals surface area contributed by atoms with Crippen LogP contribution >= 0.6 is 21.6 Å². The molecule has 4 N–H and O–H groups in total. The van der Waals surface area contributed by atoms with Crippen LogP contribution in [0.15, 0.2) is 119 Å². The number of carboxylic acid groups (broad SMARTS) is 4. The summed E-state index contributed by atoms with van der Waals surface area (Å²) < 4.78 is 0. The van der Waals surface area contributed by atoms with Crippen molar-refractivity contribution in [1.82, 2.24) is 0 Å². The molecule has 0 fully saturated rings. The van der Waals surface area contributed by atoms with E-state index in [1.165, 1.54) is 33.7 Å². The largest absolute Gasteiger partial charge is 0.478 e.